The molecule has 0 aromatic heterocycles. The van der Waals surface area contributed by atoms with Gasteiger partial charge in [-0.15, -0.1) is 0 Å². The van der Waals surface area contributed by atoms with Crippen LogP contribution in [0, 0.1) is 17.0 Å². The Hall–Kier alpha value is -3.56. The van der Waals surface area contributed by atoms with Gasteiger partial charge in [-0.3, -0.25) is 10.1 Å². The lowest BCUT2D eigenvalue weighted by Crippen LogP contribution is -2.30. The fourth-order valence-electron chi connectivity index (χ4n) is 3.26. The molecule has 0 N–H and O–H groups in total. The zero-order chi connectivity index (χ0) is 24.0. The first kappa shape index (κ1) is 24.1. The molecular formula is C24H24N2O6S. The standard InChI is InChI=1S/C24H24N2O6S/c1-3-32-24(27)20-10-8-19(9-11-20)16-25(17-21-7-5-4-6-18(21)2)33(30,31)23-14-12-22(13-15-23)26(28)29/h4-15H,3,16-17H2,1-2H3. The van der Waals surface area contributed by atoms with Crippen LogP contribution in [-0.2, 0) is 27.8 Å². The number of benzene rings is 3. The number of hydrogen-bond acceptors (Lipinski definition) is 6. The highest BCUT2D eigenvalue weighted by atomic mass is 32.2. The third-order valence-electron chi connectivity index (χ3n) is 5.12. The SMILES string of the molecule is CCOC(=O)c1ccc(CN(Cc2ccccc2C)S(=O)(=O)c2ccc([N+](=O)[O-])cc2)cc1. The van der Waals surface area contributed by atoms with Crippen molar-refractivity contribution in [1.29, 1.82) is 0 Å². The maximum atomic E-state index is 13.5. The van der Waals surface area contributed by atoms with E-state index in [1.165, 1.54) is 28.6 Å². The third-order valence-corrected chi connectivity index (χ3v) is 6.92. The van der Waals surface area contributed by atoms with Gasteiger partial charge in [-0.2, -0.15) is 4.31 Å². The summed E-state index contributed by atoms with van der Waals surface area (Å²) in [6.45, 7) is 4.06. The number of non-ortho nitro benzene ring substituents is 1. The number of ether oxygens (including phenoxy) is 1. The molecule has 0 aliphatic rings. The fourth-order valence-corrected chi connectivity index (χ4v) is 4.66. The summed E-state index contributed by atoms with van der Waals surface area (Å²) < 4.78 is 33.3. The van der Waals surface area contributed by atoms with Crippen LogP contribution in [0.15, 0.2) is 77.7 Å². The van der Waals surface area contributed by atoms with Gasteiger partial charge in [0.2, 0.25) is 10.0 Å². The van der Waals surface area contributed by atoms with Crippen molar-refractivity contribution >= 4 is 21.7 Å². The van der Waals surface area contributed by atoms with Crippen LogP contribution in [0.2, 0.25) is 0 Å². The number of rotatable bonds is 9. The highest BCUT2D eigenvalue weighted by molar-refractivity contribution is 7.89. The van der Waals surface area contributed by atoms with Crippen LogP contribution in [-0.4, -0.2) is 30.2 Å². The molecule has 0 saturated heterocycles. The first-order valence-electron chi connectivity index (χ1n) is 10.3. The summed E-state index contributed by atoms with van der Waals surface area (Å²) in [4.78, 5) is 22.2. The monoisotopic (exact) mass is 468 g/mol. The summed E-state index contributed by atoms with van der Waals surface area (Å²) in [5.41, 5.74) is 2.66. The van der Waals surface area contributed by atoms with Crippen LogP contribution in [0.4, 0.5) is 5.69 Å². The first-order chi connectivity index (χ1) is 15.7. The van der Waals surface area contributed by atoms with E-state index >= 15 is 0 Å². The van der Waals surface area contributed by atoms with Crippen molar-refractivity contribution in [2.24, 2.45) is 0 Å². The molecule has 33 heavy (non-hydrogen) atoms. The number of nitro benzene ring substituents is 1. The van der Waals surface area contributed by atoms with Gasteiger partial charge in [0, 0.05) is 25.2 Å². The number of sulfonamides is 1. The van der Waals surface area contributed by atoms with Crippen LogP contribution in [0.1, 0.15) is 34.0 Å². The summed E-state index contributed by atoms with van der Waals surface area (Å²) in [5, 5.41) is 10.9. The Balaban J connectivity index is 1.94. The van der Waals surface area contributed by atoms with Gasteiger partial charge in [0.1, 0.15) is 0 Å². The molecule has 0 aliphatic carbocycles. The molecule has 0 saturated carbocycles. The second kappa shape index (κ2) is 10.4. The topological polar surface area (TPSA) is 107 Å². The number of carbonyl (C=O) groups is 1. The molecule has 172 valence electrons. The molecule has 0 aliphatic heterocycles. The Bertz CT molecular complexity index is 1240. The molecule has 0 unspecified atom stereocenters. The van der Waals surface area contributed by atoms with Crippen molar-refractivity contribution in [3.8, 4) is 0 Å². The number of hydrogen-bond donors (Lipinski definition) is 0. The average molecular weight is 469 g/mol. The number of carbonyl (C=O) groups excluding carboxylic acids is 1. The van der Waals surface area contributed by atoms with Crippen molar-refractivity contribution in [2.45, 2.75) is 31.8 Å². The Labute approximate surface area is 192 Å². The zero-order valence-electron chi connectivity index (χ0n) is 18.3. The molecule has 9 heteroatoms. The van der Waals surface area contributed by atoms with Crippen LogP contribution >= 0.6 is 0 Å². The van der Waals surface area contributed by atoms with Crippen molar-refractivity contribution in [1.82, 2.24) is 4.31 Å². The maximum absolute atomic E-state index is 13.5. The minimum Gasteiger partial charge on any atom is -0.462 e. The van der Waals surface area contributed by atoms with Gasteiger partial charge in [0.05, 0.1) is 22.0 Å². The van der Waals surface area contributed by atoms with Crippen molar-refractivity contribution in [2.75, 3.05) is 6.61 Å². The van der Waals surface area contributed by atoms with Gasteiger partial charge >= 0.3 is 5.97 Å². The predicted octanol–water partition coefficient (Wildman–Crippen LogP) is 4.47. The molecule has 0 atom stereocenters. The quantitative estimate of drug-likeness (QED) is 0.261. The smallest absolute Gasteiger partial charge is 0.338 e. The second-order valence-corrected chi connectivity index (χ2v) is 9.31. The Morgan fingerprint density at radius 2 is 1.61 bits per heavy atom. The molecule has 0 heterocycles. The van der Waals surface area contributed by atoms with E-state index in [-0.39, 0.29) is 30.3 Å². The van der Waals surface area contributed by atoms with E-state index in [1.807, 2.05) is 31.2 Å². The molecule has 0 spiro atoms. The van der Waals surface area contributed by atoms with E-state index in [1.54, 1.807) is 31.2 Å². The van der Waals surface area contributed by atoms with E-state index in [4.69, 9.17) is 4.74 Å². The zero-order valence-corrected chi connectivity index (χ0v) is 19.1. The van der Waals surface area contributed by atoms with Crippen LogP contribution in [0.5, 0.6) is 0 Å². The van der Waals surface area contributed by atoms with Gasteiger partial charge in [-0.25, -0.2) is 13.2 Å². The molecule has 0 amide bonds. The number of esters is 1. The minimum absolute atomic E-state index is 0.0372. The lowest BCUT2D eigenvalue weighted by Gasteiger charge is -2.23. The van der Waals surface area contributed by atoms with Gasteiger partial charge < -0.3 is 4.74 Å². The molecule has 3 rings (SSSR count). The summed E-state index contributed by atoms with van der Waals surface area (Å²) in [5.74, 6) is -0.445. The van der Waals surface area contributed by atoms with Crippen LogP contribution in [0.3, 0.4) is 0 Å². The van der Waals surface area contributed by atoms with Gasteiger partial charge in [-0.05, 0) is 54.8 Å². The number of nitrogens with zero attached hydrogens (tertiary/aromatic N) is 2. The van der Waals surface area contributed by atoms with E-state index in [0.29, 0.717) is 11.1 Å². The van der Waals surface area contributed by atoms with Gasteiger partial charge in [0.15, 0.2) is 0 Å². The lowest BCUT2D eigenvalue weighted by molar-refractivity contribution is -0.384. The molecule has 3 aromatic carbocycles. The normalized spacial score (nSPS) is 11.4. The van der Waals surface area contributed by atoms with Crippen molar-refractivity contribution in [3.63, 3.8) is 0 Å². The maximum Gasteiger partial charge on any atom is 0.338 e. The molecular weight excluding hydrogens is 444 g/mol. The summed E-state index contributed by atoms with van der Waals surface area (Å²) in [6, 6.07) is 18.9. The Kier molecular flexibility index (Phi) is 7.57. The molecule has 3 aromatic rings. The fraction of sp³-hybridized carbons (Fsp3) is 0.208. The minimum atomic E-state index is -3.97. The molecule has 0 bridgehead atoms. The molecule has 0 radical (unpaired) electrons. The molecule has 0 fully saturated rings. The van der Waals surface area contributed by atoms with E-state index < -0.39 is 20.9 Å². The highest BCUT2D eigenvalue weighted by Crippen LogP contribution is 2.24. The lowest BCUT2D eigenvalue weighted by atomic mass is 10.1. The average Bonchev–Trinajstić information content (AvgIpc) is 2.80. The summed E-state index contributed by atoms with van der Waals surface area (Å²) in [7, 11) is -3.97. The van der Waals surface area contributed by atoms with Gasteiger partial charge in [0.25, 0.3) is 5.69 Å². The van der Waals surface area contributed by atoms with Crippen molar-refractivity contribution < 1.29 is 22.9 Å². The largest absolute Gasteiger partial charge is 0.462 e. The highest BCUT2D eigenvalue weighted by Gasteiger charge is 2.26. The van der Waals surface area contributed by atoms with E-state index in [0.717, 1.165) is 11.1 Å². The first-order valence-corrected chi connectivity index (χ1v) is 11.7. The summed E-state index contributed by atoms with van der Waals surface area (Å²) in [6.07, 6.45) is 0. The number of nitro groups is 1. The Morgan fingerprint density at radius 3 is 2.18 bits per heavy atom. The van der Waals surface area contributed by atoms with Crippen molar-refractivity contribution in [3.05, 3.63) is 105 Å². The summed E-state index contributed by atoms with van der Waals surface area (Å²) >= 11 is 0. The predicted molar refractivity (Wildman–Crippen MR) is 123 cm³/mol. The number of aryl methyl sites for hydroxylation is 1. The van der Waals surface area contributed by atoms with E-state index in [9.17, 15) is 23.3 Å². The van der Waals surface area contributed by atoms with E-state index in [2.05, 4.69) is 0 Å². The van der Waals surface area contributed by atoms with Crippen LogP contribution in [0.25, 0.3) is 0 Å². The van der Waals surface area contributed by atoms with Crippen LogP contribution < -0.4 is 0 Å². The second-order valence-electron chi connectivity index (χ2n) is 7.37. The molecule has 8 nitrogen and oxygen atoms in total. The van der Waals surface area contributed by atoms with Gasteiger partial charge in [-0.1, -0.05) is 36.4 Å². The Morgan fingerprint density at radius 1 is 0.970 bits per heavy atom. The third kappa shape index (κ3) is 5.82.